The molecule has 40 heavy (non-hydrogen) atoms. The lowest BCUT2D eigenvalue weighted by Gasteiger charge is -2.34. The van der Waals surface area contributed by atoms with Crippen LogP contribution < -0.4 is 0 Å². The molecule has 4 nitrogen and oxygen atoms in total. The molecule has 3 N–H and O–H groups in total. The minimum absolute atomic E-state index is 0.0723. The lowest BCUT2D eigenvalue weighted by Crippen LogP contribution is -2.35. The Labute approximate surface area is 238 Å². The Morgan fingerprint density at radius 3 is 1.18 bits per heavy atom. The van der Waals surface area contributed by atoms with Gasteiger partial charge in [0.05, 0.1) is 10.8 Å². The van der Waals surface area contributed by atoms with E-state index in [1.54, 1.807) is 5.57 Å². The third-order valence-electron chi connectivity index (χ3n) is 12.9. The molecule has 4 fully saturated rings. The number of nitrogens with zero attached hydrogens (tertiary/aromatic N) is 1. The van der Waals surface area contributed by atoms with Gasteiger partial charge in [0.2, 0.25) is 0 Å². The predicted octanol–water partition coefficient (Wildman–Crippen LogP) is 8.76. The zero-order valence-electron chi connectivity index (χ0n) is 24.0. The summed E-state index contributed by atoms with van der Waals surface area (Å²) in [6.45, 7) is 0. The fourth-order valence-electron chi connectivity index (χ4n) is 10.6. The van der Waals surface area contributed by atoms with Crippen LogP contribution in [0.2, 0.25) is 0 Å². The van der Waals surface area contributed by atoms with E-state index in [4.69, 9.17) is 4.99 Å². The van der Waals surface area contributed by atoms with Crippen molar-refractivity contribution >= 4 is 5.71 Å². The fraction of sp³-hybridized carbons (Fsp3) is 0.583. The van der Waals surface area contributed by atoms with Gasteiger partial charge in [-0.15, -0.1) is 0 Å². The lowest BCUT2D eigenvalue weighted by molar-refractivity contribution is 0.468. The highest BCUT2D eigenvalue weighted by molar-refractivity contribution is 5.99. The highest BCUT2D eigenvalue weighted by atomic mass is 14.9. The third-order valence-corrected chi connectivity index (χ3v) is 12.9. The van der Waals surface area contributed by atoms with Crippen molar-refractivity contribution in [1.82, 2.24) is 15.0 Å². The van der Waals surface area contributed by atoms with Crippen molar-refractivity contribution in [3.8, 4) is 0 Å². The molecule has 4 saturated carbocycles. The number of H-pyrrole nitrogens is 3. The average Bonchev–Trinajstić information content (AvgIpc) is 3.85. The second-order valence-corrected chi connectivity index (χ2v) is 14.4. The molecule has 3 aromatic heterocycles. The quantitative estimate of drug-likeness (QED) is 0.259. The smallest absolute Gasteiger partial charge is 0.0503 e. The van der Waals surface area contributed by atoms with Crippen LogP contribution in [0, 0.1) is 0 Å². The van der Waals surface area contributed by atoms with Gasteiger partial charge in [-0.3, -0.25) is 4.99 Å². The van der Waals surface area contributed by atoms with Crippen LogP contribution in [0.5, 0.6) is 0 Å². The number of fused-ring (bicyclic) bond motifs is 16. The molecule has 9 rings (SSSR count). The van der Waals surface area contributed by atoms with E-state index in [1.807, 2.05) is 0 Å². The van der Waals surface area contributed by atoms with E-state index in [1.165, 1.54) is 143 Å². The summed E-state index contributed by atoms with van der Waals surface area (Å²) >= 11 is 0. The molecule has 0 radical (unpaired) electrons. The number of aliphatic imine (C=N–C) groups is 1. The van der Waals surface area contributed by atoms with Gasteiger partial charge < -0.3 is 15.0 Å². The van der Waals surface area contributed by atoms with Gasteiger partial charge in [-0.1, -0.05) is 51.4 Å². The van der Waals surface area contributed by atoms with Crippen molar-refractivity contribution in [2.45, 2.75) is 131 Å². The van der Waals surface area contributed by atoms with Crippen molar-refractivity contribution in [2.24, 2.45) is 4.99 Å². The van der Waals surface area contributed by atoms with E-state index in [0.29, 0.717) is 0 Å². The standard InChI is InChI=1S/C36H44N4/c1-2-16-33(15-1)25-23-32(37-24-25)36(21-7-8-22-36)31-14-13-30(40-31)35(19-5-6-20-35)29-12-11-28(39-29)34(17-3-4-18-34)27-10-9-26(33)38-27/h9-14,24,38-40H,1-8,15-23H2. The van der Waals surface area contributed by atoms with Crippen LogP contribution in [0.25, 0.3) is 0 Å². The normalized spacial score (nSPS) is 26.9. The number of aromatic amines is 3. The highest BCUT2D eigenvalue weighted by Gasteiger charge is 2.50. The number of rotatable bonds is 0. The first kappa shape index (κ1) is 23.9. The van der Waals surface area contributed by atoms with E-state index < -0.39 is 0 Å². The first-order chi connectivity index (χ1) is 19.7. The van der Waals surface area contributed by atoms with Crippen LogP contribution in [-0.2, 0) is 21.7 Å². The Balaban J connectivity index is 1.27. The zero-order chi connectivity index (χ0) is 26.4. The molecule has 0 aromatic carbocycles. The Morgan fingerprint density at radius 2 is 0.750 bits per heavy atom. The van der Waals surface area contributed by atoms with E-state index in [0.717, 1.165) is 6.42 Å². The van der Waals surface area contributed by atoms with E-state index in [2.05, 4.69) is 57.6 Å². The van der Waals surface area contributed by atoms with Crippen LogP contribution in [0.3, 0.4) is 0 Å². The molecule has 8 bridgehead atoms. The number of nitrogens with one attached hydrogen (secondary N) is 3. The molecule has 4 aliphatic carbocycles. The summed E-state index contributed by atoms with van der Waals surface area (Å²) in [5.74, 6) is 0. The molecular weight excluding hydrogens is 488 g/mol. The van der Waals surface area contributed by atoms with E-state index >= 15 is 0 Å². The van der Waals surface area contributed by atoms with E-state index in [9.17, 15) is 0 Å². The van der Waals surface area contributed by atoms with Crippen molar-refractivity contribution in [2.75, 3.05) is 0 Å². The molecule has 2 aliphatic heterocycles. The number of allylic oxidation sites excluding steroid dienone is 1. The molecule has 0 amide bonds. The zero-order valence-corrected chi connectivity index (χ0v) is 24.0. The molecule has 6 aliphatic rings. The molecule has 208 valence electrons. The average molecular weight is 533 g/mol. The van der Waals surface area contributed by atoms with Crippen LogP contribution in [0.4, 0.5) is 0 Å². The fourth-order valence-corrected chi connectivity index (χ4v) is 10.6. The van der Waals surface area contributed by atoms with E-state index in [-0.39, 0.29) is 21.7 Å². The molecule has 0 unspecified atom stereocenters. The van der Waals surface area contributed by atoms with Crippen molar-refractivity contribution in [3.05, 3.63) is 82.3 Å². The molecule has 5 heterocycles. The maximum absolute atomic E-state index is 5.34. The molecule has 3 aromatic rings. The first-order valence-corrected chi connectivity index (χ1v) is 16.5. The van der Waals surface area contributed by atoms with Gasteiger partial charge >= 0.3 is 0 Å². The maximum atomic E-state index is 5.34. The summed E-state index contributed by atoms with van der Waals surface area (Å²) in [7, 11) is 0. The summed E-state index contributed by atoms with van der Waals surface area (Å²) in [6.07, 6.45) is 23.8. The second kappa shape index (κ2) is 8.39. The van der Waals surface area contributed by atoms with Crippen LogP contribution >= 0.6 is 0 Å². The minimum Gasteiger partial charge on any atom is -0.361 e. The van der Waals surface area contributed by atoms with Crippen LogP contribution in [0.1, 0.15) is 143 Å². The lowest BCUT2D eigenvalue weighted by atomic mass is 9.70. The minimum atomic E-state index is 0.0723. The summed E-state index contributed by atoms with van der Waals surface area (Å²) in [5, 5.41) is 0. The number of hydrogen-bond donors (Lipinski definition) is 3. The van der Waals surface area contributed by atoms with Gasteiger partial charge in [0.1, 0.15) is 0 Å². The van der Waals surface area contributed by atoms with Gasteiger partial charge in [-0.2, -0.15) is 0 Å². The number of aromatic nitrogens is 3. The van der Waals surface area contributed by atoms with Gasteiger partial charge in [0, 0.05) is 63.3 Å². The summed E-state index contributed by atoms with van der Waals surface area (Å²) in [6, 6.07) is 14.8. The largest absolute Gasteiger partial charge is 0.361 e. The van der Waals surface area contributed by atoms with Gasteiger partial charge in [-0.25, -0.2) is 0 Å². The van der Waals surface area contributed by atoms with Crippen molar-refractivity contribution in [1.29, 1.82) is 0 Å². The Hall–Kier alpha value is -2.75. The van der Waals surface area contributed by atoms with Gasteiger partial charge in [0.15, 0.2) is 0 Å². The highest BCUT2D eigenvalue weighted by Crippen LogP contribution is 2.55. The molecule has 0 saturated heterocycles. The maximum Gasteiger partial charge on any atom is 0.0503 e. The topological polar surface area (TPSA) is 59.7 Å². The predicted molar refractivity (Wildman–Crippen MR) is 161 cm³/mol. The van der Waals surface area contributed by atoms with Crippen LogP contribution in [0.15, 0.2) is 53.2 Å². The molecular formula is C36H44N4. The second-order valence-electron chi connectivity index (χ2n) is 14.4. The van der Waals surface area contributed by atoms with Gasteiger partial charge in [0.25, 0.3) is 0 Å². The Morgan fingerprint density at radius 1 is 0.425 bits per heavy atom. The van der Waals surface area contributed by atoms with Crippen molar-refractivity contribution in [3.63, 3.8) is 0 Å². The SMILES string of the molecule is C1=C2CC(=N1)C1(CCCC1)c1ccc([nH]1)C1(CCCC1)c1ccc([nH]1)C1(CCCC1)c1ccc([nH]1)C21CCCC1. The molecule has 0 atom stereocenters. The van der Waals surface area contributed by atoms with Crippen molar-refractivity contribution < 1.29 is 0 Å². The Kier molecular flexibility index (Phi) is 5.02. The van der Waals surface area contributed by atoms with Gasteiger partial charge in [-0.05, 0) is 93.3 Å². The molecule has 4 spiro atoms. The summed E-state index contributed by atoms with van der Waals surface area (Å²) in [4.78, 5) is 17.8. The summed E-state index contributed by atoms with van der Waals surface area (Å²) in [5.41, 5.74) is 12.0. The third kappa shape index (κ3) is 3.01. The molecule has 4 heteroatoms. The number of hydrogen-bond acceptors (Lipinski definition) is 1. The monoisotopic (exact) mass is 532 g/mol. The van der Waals surface area contributed by atoms with Crippen LogP contribution in [-0.4, -0.2) is 20.7 Å². The first-order valence-electron chi connectivity index (χ1n) is 16.5. The summed E-state index contributed by atoms with van der Waals surface area (Å²) < 4.78 is 0. The Bertz CT molecular complexity index is 1390.